The van der Waals surface area contributed by atoms with Gasteiger partial charge in [-0.3, -0.25) is 0 Å². The Morgan fingerprint density at radius 1 is 1.14 bits per heavy atom. The van der Waals surface area contributed by atoms with E-state index in [9.17, 15) is 0 Å². The van der Waals surface area contributed by atoms with Crippen molar-refractivity contribution in [1.82, 2.24) is 9.38 Å². The molecule has 2 aromatic heterocycles. The average molecular weight is 345 g/mol. The highest BCUT2D eigenvalue weighted by Crippen LogP contribution is 2.21. The van der Waals surface area contributed by atoms with Gasteiger partial charge < -0.3 is 9.14 Å². The number of ether oxygens (including phenoxy) is 1. The van der Waals surface area contributed by atoms with Gasteiger partial charge in [0.05, 0.1) is 12.6 Å². The minimum Gasteiger partial charge on any atom is -0.497 e. The van der Waals surface area contributed by atoms with Gasteiger partial charge in [0.1, 0.15) is 16.2 Å². The minimum absolute atomic E-state index is 0.892. The molecule has 0 saturated carbocycles. The lowest BCUT2D eigenvalue weighted by molar-refractivity contribution is 0.414. The summed E-state index contributed by atoms with van der Waals surface area (Å²) in [5, 5.41) is 0. The van der Waals surface area contributed by atoms with Crippen molar-refractivity contribution in [3.05, 3.63) is 64.1 Å². The van der Waals surface area contributed by atoms with Crippen LogP contribution in [0.15, 0.2) is 47.2 Å². The first-order valence-electron chi connectivity index (χ1n) is 6.93. The van der Waals surface area contributed by atoms with Gasteiger partial charge in [0.25, 0.3) is 0 Å². The second kappa shape index (κ2) is 5.90. The summed E-state index contributed by atoms with van der Waals surface area (Å²) in [6.07, 6.45) is 3.96. The molecule has 0 aliphatic rings. The van der Waals surface area contributed by atoms with E-state index in [0.29, 0.717) is 0 Å². The Hall–Kier alpha value is -1.81. The summed E-state index contributed by atoms with van der Waals surface area (Å²) in [6.45, 7) is 2.09. The molecule has 3 rings (SSSR count). The number of pyridine rings is 1. The molecule has 1 aromatic carbocycles. The predicted molar refractivity (Wildman–Crippen MR) is 88.0 cm³/mol. The zero-order valence-corrected chi connectivity index (χ0v) is 13.7. The van der Waals surface area contributed by atoms with E-state index in [-0.39, 0.29) is 0 Å². The molecule has 0 radical (unpaired) electrons. The average Bonchev–Trinajstić information content (AvgIpc) is 2.81. The summed E-state index contributed by atoms with van der Waals surface area (Å²) in [4.78, 5) is 4.63. The number of benzene rings is 1. The smallest absolute Gasteiger partial charge is 0.132 e. The lowest BCUT2D eigenvalue weighted by Crippen LogP contribution is -1.98. The Balaban J connectivity index is 1.81. The topological polar surface area (TPSA) is 26.5 Å². The molecule has 0 saturated heterocycles. The van der Waals surface area contributed by atoms with Crippen molar-refractivity contribution in [3.8, 4) is 5.75 Å². The van der Waals surface area contributed by atoms with Crippen LogP contribution < -0.4 is 4.74 Å². The number of methoxy groups -OCH3 is 1. The van der Waals surface area contributed by atoms with E-state index in [1.165, 1.54) is 11.1 Å². The molecule has 21 heavy (non-hydrogen) atoms. The molecule has 0 aliphatic carbocycles. The van der Waals surface area contributed by atoms with Crippen LogP contribution in [-0.4, -0.2) is 16.5 Å². The molecule has 0 amide bonds. The fourth-order valence-electron chi connectivity index (χ4n) is 2.44. The minimum atomic E-state index is 0.892. The Bertz CT molecular complexity index is 762. The molecule has 0 fully saturated rings. The van der Waals surface area contributed by atoms with Gasteiger partial charge in [-0.1, -0.05) is 12.1 Å². The molecule has 0 aliphatic heterocycles. The van der Waals surface area contributed by atoms with E-state index in [1.54, 1.807) is 7.11 Å². The molecule has 3 aromatic rings. The number of halogens is 1. The van der Waals surface area contributed by atoms with Crippen molar-refractivity contribution < 1.29 is 4.74 Å². The van der Waals surface area contributed by atoms with Crippen LogP contribution in [-0.2, 0) is 12.8 Å². The van der Waals surface area contributed by atoms with Crippen LogP contribution in [0.5, 0.6) is 5.75 Å². The third-order valence-electron chi connectivity index (χ3n) is 3.62. The van der Waals surface area contributed by atoms with Gasteiger partial charge >= 0.3 is 0 Å². The lowest BCUT2D eigenvalue weighted by atomic mass is 10.1. The number of aromatic nitrogens is 2. The Morgan fingerprint density at radius 2 is 1.90 bits per heavy atom. The Morgan fingerprint density at radius 3 is 2.62 bits per heavy atom. The van der Waals surface area contributed by atoms with Gasteiger partial charge in [0.2, 0.25) is 0 Å². The summed E-state index contributed by atoms with van der Waals surface area (Å²) in [5.74, 6) is 1.97. The van der Waals surface area contributed by atoms with Crippen LogP contribution >= 0.6 is 15.9 Å². The SMILES string of the molecule is COc1ccc(CCc2nc(Br)c3cc(C)ccn23)cc1. The van der Waals surface area contributed by atoms with Crippen LogP contribution in [0.1, 0.15) is 17.0 Å². The van der Waals surface area contributed by atoms with Crippen LogP contribution in [0.25, 0.3) is 5.52 Å². The number of fused-ring (bicyclic) bond motifs is 1. The number of hydrogen-bond acceptors (Lipinski definition) is 2. The number of rotatable bonds is 4. The Labute approximate surface area is 132 Å². The van der Waals surface area contributed by atoms with Crippen molar-refractivity contribution in [2.75, 3.05) is 7.11 Å². The van der Waals surface area contributed by atoms with Crippen molar-refractivity contribution in [2.24, 2.45) is 0 Å². The molecular weight excluding hydrogens is 328 g/mol. The third-order valence-corrected chi connectivity index (χ3v) is 4.21. The van der Waals surface area contributed by atoms with Gasteiger partial charge in [-0.05, 0) is 64.7 Å². The van der Waals surface area contributed by atoms with Gasteiger partial charge in [0, 0.05) is 12.6 Å². The Kier molecular flexibility index (Phi) is 3.97. The molecule has 0 atom stereocenters. The van der Waals surface area contributed by atoms with Crippen molar-refractivity contribution in [2.45, 2.75) is 19.8 Å². The number of imidazole rings is 1. The molecule has 0 N–H and O–H groups in total. The predicted octanol–water partition coefficient (Wildman–Crippen LogP) is 4.20. The van der Waals surface area contributed by atoms with Crippen LogP contribution in [0, 0.1) is 6.92 Å². The lowest BCUT2D eigenvalue weighted by Gasteiger charge is -2.04. The van der Waals surface area contributed by atoms with Crippen molar-refractivity contribution in [1.29, 1.82) is 0 Å². The van der Waals surface area contributed by atoms with Crippen LogP contribution in [0.3, 0.4) is 0 Å². The van der Waals surface area contributed by atoms with E-state index in [0.717, 1.165) is 34.5 Å². The van der Waals surface area contributed by atoms with E-state index in [1.807, 2.05) is 12.1 Å². The maximum atomic E-state index is 5.18. The van der Waals surface area contributed by atoms with Gasteiger partial charge in [-0.2, -0.15) is 0 Å². The molecule has 2 heterocycles. The molecular formula is C17H17BrN2O. The fraction of sp³-hybridized carbons (Fsp3) is 0.235. The molecule has 0 spiro atoms. The molecule has 4 heteroatoms. The first-order valence-corrected chi connectivity index (χ1v) is 7.72. The summed E-state index contributed by atoms with van der Waals surface area (Å²) < 4.78 is 8.25. The van der Waals surface area contributed by atoms with Gasteiger partial charge in [0.15, 0.2) is 0 Å². The third kappa shape index (κ3) is 2.95. The maximum absolute atomic E-state index is 5.18. The molecule has 0 bridgehead atoms. The van der Waals surface area contributed by atoms with Gasteiger partial charge in [-0.25, -0.2) is 4.98 Å². The quantitative estimate of drug-likeness (QED) is 0.709. The first kappa shape index (κ1) is 14.1. The summed E-state index contributed by atoms with van der Waals surface area (Å²) in [5.41, 5.74) is 3.65. The van der Waals surface area contributed by atoms with E-state index < -0.39 is 0 Å². The fourth-order valence-corrected chi connectivity index (χ4v) is 2.95. The summed E-state index contributed by atoms with van der Waals surface area (Å²) >= 11 is 3.55. The second-order valence-electron chi connectivity index (χ2n) is 5.13. The van der Waals surface area contributed by atoms with E-state index in [2.05, 4.69) is 62.7 Å². The summed E-state index contributed by atoms with van der Waals surface area (Å²) in [7, 11) is 1.69. The molecule has 0 unspecified atom stereocenters. The van der Waals surface area contributed by atoms with Crippen LogP contribution in [0.2, 0.25) is 0 Å². The van der Waals surface area contributed by atoms with E-state index in [4.69, 9.17) is 4.74 Å². The normalized spacial score (nSPS) is 11.0. The van der Waals surface area contributed by atoms with Crippen molar-refractivity contribution >= 4 is 21.4 Å². The van der Waals surface area contributed by atoms with Crippen LogP contribution in [0.4, 0.5) is 0 Å². The number of hydrogen-bond donors (Lipinski definition) is 0. The highest BCUT2D eigenvalue weighted by Gasteiger charge is 2.09. The standard InChI is InChI=1S/C17H17BrN2O/c1-12-9-10-20-15(11-12)17(18)19-16(20)8-5-13-3-6-14(21-2)7-4-13/h3-4,6-7,9-11H,5,8H2,1-2H3. The summed E-state index contributed by atoms with van der Waals surface area (Å²) in [6, 6.07) is 12.5. The molecule has 3 nitrogen and oxygen atoms in total. The van der Waals surface area contributed by atoms with E-state index >= 15 is 0 Å². The highest BCUT2D eigenvalue weighted by molar-refractivity contribution is 9.10. The number of nitrogens with zero attached hydrogens (tertiary/aromatic N) is 2. The van der Waals surface area contributed by atoms with Gasteiger partial charge in [-0.15, -0.1) is 0 Å². The monoisotopic (exact) mass is 344 g/mol. The maximum Gasteiger partial charge on any atom is 0.132 e. The second-order valence-corrected chi connectivity index (χ2v) is 5.88. The van der Waals surface area contributed by atoms with Crippen molar-refractivity contribution in [3.63, 3.8) is 0 Å². The molecule has 108 valence electrons. The zero-order valence-electron chi connectivity index (χ0n) is 12.1. The number of aryl methyl sites for hydroxylation is 3. The first-order chi connectivity index (χ1) is 10.2. The largest absolute Gasteiger partial charge is 0.497 e. The highest BCUT2D eigenvalue weighted by atomic mass is 79.9. The zero-order chi connectivity index (χ0) is 14.8.